The molecule has 1 aliphatic heterocycles. The van der Waals surface area contributed by atoms with E-state index in [1.807, 2.05) is 25.1 Å². The lowest BCUT2D eigenvalue weighted by Gasteiger charge is -1.94. The number of benzene rings is 1. The van der Waals surface area contributed by atoms with E-state index < -0.39 is 0 Å². The Labute approximate surface area is 82.2 Å². The zero-order valence-corrected chi connectivity index (χ0v) is 7.87. The van der Waals surface area contributed by atoms with Gasteiger partial charge >= 0.3 is 0 Å². The Morgan fingerprint density at radius 2 is 1.69 bits per heavy atom. The van der Waals surface area contributed by atoms with Crippen LogP contribution in [0.25, 0.3) is 0 Å². The van der Waals surface area contributed by atoms with Crippen LogP contribution in [0, 0.1) is 17.7 Å². The van der Waals surface area contributed by atoms with Crippen LogP contribution in [0.3, 0.4) is 0 Å². The molecule has 0 saturated heterocycles. The average Bonchev–Trinajstić information content (AvgIpc) is 2.28. The van der Waals surface area contributed by atoms with Gasteiger partial charge in [0, 0.05) is 11.1 Å². The number of ether oxygens (including phenoxy) is 1. The maximum atomic E-state index is 7.39. The monoisotopic (exact) mass is 196 g/mol. The summed E-state index contributed by atoms with van der Waals surface area (Å²) in [5.74, 6) is 0.161. The maximum Gasteiger partial charge on any atom is 0.222 e. The molecular formula is C9H9ClN2O. The summed E-state index contributed by atoms with van der Waals surface area (Å²) >= 11 is 0. The topological polar surface area (TPSA) is 56.9 Å². The summed E-state index contributed by atoms with van der Waals surface area (Å²) in [5.41, 5.74) is 2.52. The fourth-order valence-electron chi connectivity index (χ4n) is 1.26. The second-order valence-electron chi connectivity index (χ2n) is 2.81. The van der Waals surface area contributed by atoms with E-state index in [4.69, 9.17) is 15.6 Å². The Morgan fingerprint density at radius 3 is 2.38 bits per heavy atom. The molecule has 0 atom stereocenters. The molecule has 2 N–H and O–H groups in total. The first kappa shape index (κ1) is 9.74. The van der Waals surface area contributed by atoms with Crippen LogP contribution >= 0.6 is 12.4 Å². The molecule has 68 valence electrons. The van der Waals surface area contributed by atoms with Crippen molar-refractivity contribution in [3.05, 3.63) is 34.9 Å². The van der Waals surface area contributed by atoms with E-state index >= 15 is 0 Å². The van der Waals surface area contributed by atoms with Crippen molar-refractivity contribution in [1.29, 1.82) is 10.8 Å². The van der Waals surface area contributed by atoms with E-state index in [0.29, 0.717) is 5.56 Å². The number of halogens is 1. The van der Waals surface area contributed by atoms with E-state index in [2.05, 4.69) is 0 Å². The lowest BCUT2D eigenvalue weighted by molar-refractivity contribution is 0.553. The molecule has 1 aromatic rings. The van der Waals surface area contributed by atoms with Crippen molar-refractivity contribution in [2.24, 2.45) is 0 Å². The van der Waals surface area contributed by atoms with E-state index in [0.717, 1.165) is 11.1 Å². The molecule has 0 aromatic heterocycles. The molecule has 0 unspecified atom stereocenters. The van der Waals surface area contributed by atoms with Gasteiger partial charge in [-0.25, -0.2) is 0 Å². The summed E-state index contributed by atoms with van der Waals surface area (Å²) in [6.07, 6.45) is 0. The highest BCUT2D eigenvalue weighted by Crippen LogP contribution is 2.20. The Balaban J connectivity index is 0.000000845. The van der Waals surface area contributed by atoms with Gasteiger partial charge in [0.2, 0.25) is 11.8 Å². The molecule has 3 nitrogen and oxygen atoms in total. The first-order valence-electron chi connectivity index (χ1n) is 3.65. The number of hydrogen-bond acceptors (Lipinski definition) is 3. The van der Waals surface area contributed by atoms with Gasteiger partial charge in [-0.05, 0) is 19.1 Å². The number of rotatable bonds is 0. The lowest BCUT2D eigenvalue weighted by atomic mass is 10.1. The van der Waals surface area contributed by atoms with Crippen molar-refractivity contribution >= 4 is 24.2 Å². The third kappa shape index (κ3) is 1.42. The van der Waals surface area contributed by atoms with Gasteiger partial charge in [0.1, 0.15) is 0 Å². The highest BCUT2D eigenvalue weighted by atomic mass is 35.5. The predicted octanol–water partition coefficient (Wildman–Crippen LogP) is 2.10. The van der Waals surface area contributed by atoms with Gasteiger partial charge in [-0.3, -0.25) is 10.8 Å². The summed E-state index contributed by atoms with van der Waals surface area (Å²) in [5, 5.41) is 14.8. The number of aryl methyl sites for hydroxylation is 1. The van der Waals surface area contributed by atoms with E-state index in [1.165, 1.54) is 0 Å². The normalized spacial score (nSPS) is 13.3. The second kappa shape index (κ2) is 3.18. The molecule has 1 aromatic carbocycles. The minimum Gasteiger partial charge on any atom is -0.421 e. The summed E-state index contributed by atoms with van der Waals surface area (Å²) in [4.78, 5) is 0. The zero-order valence-electron chi connectivity index (χ0n) is 7.05. The third-order valence-corrected chi connectivity index (χ3v) is 1.87. The summed E-state index contributed by atoms with van der Waals surface area (Å²) in [7, 11) is 0. The second-order valence-corrected chi connectivity index (χ2v) is 2.81. The Morgan fingerprint density at radius 1 is 1.08 bits per heavy atom. The molecule has 2 rings (SSSR count). The van der Waals surface area contributed by atoms with Crippen LogP contribution in [0.5, 0.6) is 0 Å². The van der Waals surface area contributed by atoms with Crippen molar-refractivity contribution in [2.75, 3.05) is 0 Å². The van der Waals surface area contributed by atoms with Crippen LogP contribution in [0.15, 0.2) is 18.2 Å². The largest absolute Gasteiger partial charge is 0.421 e. The third-order valence-electron chi connectivity index (χ3n) is 1.87. The first-order chi connectivity index (χ1) is 5.68. The van der Waals surface area contributed by atoms with Crippen molar-refractivity contribution in [3.63, 3.8) is 0 Å². The van der Waals surface area contributed by atoms with Crippen molar-refractivity contribution < 1.29 is 4.74 Å². The smallest absolute Gasteiger partial charge is 0.222 e. The predicted molar refractivity (Wildman–Crippen MR) is 53.2 cm³/mol. The minimum atomic E-state index is 0. The van der Waals surface area contributed by atoms with Crippen LogP contribution in [0.4, 0.5) is 0 Å². The molecule has 0 radical (unpaired) electrons. The molecule has 0 aliphatic carbocycles. The van der Waals surface area contributed by atoms with Gasteiger partial charge in [-0.1, -0.05) is 11.6 Å². The van der Waals surface area contributed by atoms with Crippen molar-refractivity contribution in [2.45, 2.75) is 6.92 Å². The molecule has 1 heterocycles. The number of hydrogen-bond donors (Lipinski definition) is 2. The number of nitrogens with one attached hydrogen (secondary N) is 2. The molecule has 13 heavy (non-hydrogen) atoms. The van der Waals surface area contributed by atoms with Gasteiger partial charge < -0.3 is 4.74 Å². The van der Waals surface area contributed by atoms with Crippen molar-refractivity contribution in [1.82, 2.24) is 0 Å². The lowest BCUT2D eigenvalue weighted by Crippen LogP contribution is -1.97. The highest BCUT2D eigenvalue weighted by molar-refractivity contribution is 6.16. The number of fused-ring (bicyclic) bond motifs is 1. The Bertz CT molecular complexity index is 387. The summed E-state index contributed by atoms with van der Waals surface area (Å²) < 4.78 is 4.85. The Hall–Kier alpha value is -1.35. The van der Waals surface area contributed by atoms with Gasteiger partial charge in [-0.2, -0.15) is 0 Å². The van der Waals surface area contributed by atoms with E-state index in [9.17, 15) is 0 Å². The van der Waals surface area contributed by atoms with Gasteiger partial charge in [0.05, 0.1) is 0 Å². The van der Waals surface area contributed by atoms with Crippen LogP contribution in [0.1, 0.15) is 16.7 Å². The molecule has 0 saturated carbocycles. The van der Waals surface area contributed by atoms with Gasteiger partial charge in [0.25, 0.3) is 0 Å². The minimum absolute atomic E-state index is 0. The fraction of sp³-hybridized carbons (Fsp3) is 0.111. The molecular weight excluding hydrogens is 188 g/mol. The maximum absolute atomic E-state index is 7.39. The van der Waals surface area contributed by atoms with Crippen LogP contribution in [-0.4, -0.2) is 11.8 Å². The zero-order chi connectivity index (χ0) is 8.72. The quantitative estimate of drug-likeness (QED) is 0.656. The standard InChI is InChI=1S/C9H8N2O.ClH/c1-5-2-3-6-7(4-5)9(11)12-8(6)10;/h2-4,10-11H,1H3;1H. The van der Waals surface area contributed by atoms with Gasteiger partial charge in [-0.15, -0.1) is 12.4 Å². The molecule has 0 fully saturated rings. The van der Waals surface area contributed by atoms with Gasteiger partial charge in [0.15, 0.2) is 0 Å². The SMILES string of the molecule is Cc1ccc2c(c1)C(=N)OC2=N.Cl. The van der Waals surface area contributed by atoms with Crippen LogP contribution in [0.2, 0.25) is 0 Å². The fourth-order valence-corrected chi connectivity index (χ4v) is 1.26. The molecule has 0 bridgehead atoms. The summed E-state index contributed by atoms with van der Waals surface area (Å²) in [6.45, 7) is 1.95. The van der Waals surface area contributed by atoms with Crippen LogP contribution < -0.4 is 0 Å². The molecule has 0 spiro atoms. The average molecular weight is 197 g/mol. The molecule has 0 amide bonds. The summed E-state index contributed by atoms with van der Waals surface area (Å²) in [6, 6.07) is 5.59. The van der Waals surface area contributed by atoms with E-state index in [1.54, 1.807) is 0 Å². The molecule has 1 aliphatic rings. The highest BCUT2D eigenvalue weighted by Gasteiger charge is 2.22. The first-order valence-corrected chi connectivity index (χ1v) is 3.65. The van der Waals surface area contributed by atoms with Crippen molar-refractivity contribution in [3.8, 4) is 0 Å². The molecule has 4 heteroatoms. The van der Waals surface area contributed by atoms with Crippen LogP contribution in [-0.2, 0) is 4.74 Å². The Kier molecular flexibility index (Phi) is 2.38. The van der Waals surface area contributed by atoms with E-state index in [-0.39, 0.29) is 24.2 Å².